The first-order valence-corrected chi connectivity index (χ1v) is 7.02. The standard InChI is InChI=1S/C15H25N3/c1-11-7-9-18(12(2)10-11)15(13(3)16)14-6-4-5-8-17-14/h4-6,8,11-13,15H,7,9-10,16H2,1-3H3. The van der Waals surface area contributed by atoms with E-state index in [1.54, 1.807) is 0 Å². The van der Waals surface area contributed by atoms with Gasteiger partial charge in [0.1, 0.15) is 0 Å². The van der Waals surface area contributed by atoms with Gasteiger partial charge in [-0.15, -0.1) is 0 Å². The Balaban J connectivity index is 2.21. The van der Waals surface area contributed by atoms with Crippen LogP contribution in [0.2, 0.25) is 0 Å². The van der Waals surface area contributed by atoms with Crippen molar-refractivity contribution in [2.75, 3.05) is 6.54 Å². The SMILES string of the molecule is CC1CCN(C(c2ccccn2)C(C)N)C(C)C1. The normalized spacial score (nSPS) is 28.9. The maximum atomic E-state index is 6.21. The molecule has 0 bridgehead atoms. The molecule has 1 aromatic heterocycles. The van der Waals surface area contributed by atoms with Gasteiger partial charge >= 0.3 is 0 Å². The minimum Gasteiger partial charge on any atom is -0.326 e. The molecule has 1 saturated heterocycles. The van der Waals surface area contributed by atoms with E-state index in [1.807, 2.05) is 12.3 Å². The molecule has 3 heteroatoms. The van der Waals surface area contributed by atoms with E-state index in [1.165, 1.54) is 12.8 Å². The van der Waals surface area contributed by atoms with Crippen LogP contribution < -0.4 is 5.73 Å². The molecular weight excluding hydrogens is 222 g/mol. The Kier molecular flexibility index (Phi) is 4.36. The highest BCUT2D eigenvalue weighted by Crippen LogP contribution is 2.31. The van der Waals surface area contributed by atoms with Crippen LogP contribution in [0.15, 0.2) is 24.4 Å². The van der Waals surface area contributed by atoms with E-state index in [0.717, 1.165) is 18.2 Å². The van der Waals surface area contributed by atoms with E-state index in [4.69, 9.17) is 5.73 Å². The fourth-order valence-corrected chi connectivity index (χ4v) is 3.13. The molecule has 1 aliphatic heterocycles. The molecule has 2 N–H and O–H groups in total. The van der Waals surface area contributed by atoms with Gasteiger partial charge in [-0.1, -0.05) is 13.0 Å². The van der Waals surface area contributed by atoms with Crippen LogP contribution in [-0.4, -0.2) is 28.5 Å². The highest BCUT2D eigenvalue weighted by Gasteiger charge is 2.32. The molecule has 1 fully saturated rings. The van der Waals surface area contributed by atoms with E-state index in [2.05, 4.69) is 42.8 Å². The predicted molar refractivity (Wildman–Crippen MR) is 75.2 cm³/mol. The molecule has 2 heterocycles. The number of pyridine rings is 1. The lowest BCUT2D eigenvalue weighted by Crippen LogP contribution is -2.48. The fourth-order valence-electron chi connectivity index (χ4n) is 3.13. The first kappa shape index (κ1) is 13.5. The molecule has 3 nitrogen and oxygen atoms in total. The van der Waals surface area contributed by atoms with Crippen LogP contribution in [0.3, 0.4) is 0 Å². The van der Waals surface area contributed by atoms with Crippen molar-refractivity contribution in [1.82, 2.24) is 9.88 Å². The summed E-state index contributed by atoms with van der Waals surface area (Å²) < 4.78 is 0. The smallest absolute Gasteiger partial charge is 0.0673 e. The van der Waals surface area contributed by atoms with Crippen molar-refractivity contribution in [2.45, 2.75) is 51.7 Å². The topological polar surface area (TPSA) is 42.2 Å². The summed E-state index contributed by atoms with van der Waals surface area (Å²) in [5, 5.41) is 0. The quantitative estimate of drug-likeness (QED) is 0.892. The summed E-state index contributed by atoms with van der Waals surface area (Å²) in [4.78, 5) is 7.04. The van der Waals surface area contributed by atoms with Crippen molar-refractivity contribution >= 4 is 0 Å². The number of rotatable bonds is 3. The van der Waals surface area contributed by atoms with Gasteiger partial charge in [0.05, 0.1) is 11.7 Å². The molecule has 0 amide bonds. The lowest BCUT2D eigenvalue weighted by molar-refractivity contribution is 0.0688. The molecule has 0 saturated carbocycles. The van der Waals surface area contributed by atoms with Crippen LogP contribution in [0.1, 0.15) is 45.3 Å². The number of likely N-dealkylation sites (tertiary alicyclic amines) is 1. The lowest BCUT2D eigenvalue weighted by atomic mass is 9.90. The second kappa shape index (κ2) is 5.81. The number of nitrogens with two attached hydrogens (primary N) is 1. The summed E-state index contributed by atoms with van der Waals surface area (Å²) in [7, 11) is 0. The Labute approximate surface area is 110 Å². The summed E-state index contributed by atoms with van der Waals surface area (Å²) in [6, 6.07) is 7.05. The van der Waals surface area contributed by atoms with Crippen LogP contribution in [0.5, 0.6) is 0 Å². The van der Waals surface area contributed by atoms with Crippen molar-refractivity contribution in [2.24, 2.45) is 11.7 Å². The Hall–Kier alpha value is -0.930. The molecule has 4 unspecified atom stereocenters. The van der Waals surface area contributed by atoms with Crippen LogP contribution in [-0.2, 0) is 0 Å². The van der Waals surface area contributed by atoms with Crippen LogP contribution in [0.25, 0.3) is 0 Å². The van der Waals surface area contributed by atoms with Crippen LogP contribution >= 0.6 is 0 Å². The summed E-state index contributed by atoms with van der Waals surface area (Å²) in [5.41, 5.74) is 7.32. The summed E-state index contributed by atoms with van der Waals surface area (Å²) in [6.45, 7) is 7.87. The lowest BCUT2D eigenvalue weighted by Gasteiger charge is -2.43. The monoisotopic (exact) mass is 247 g/mol. The third kappa shape index (κ3) is 2.90. The fraction of sp³-hybridized carbons (Fsp3) is 0.667. The van der Waals surface area contributed by atoms with Gasteiger partial charge in [0.25, 0.3) is 0 Å². The minimum absolute atomic E-state index is 0.107. The number of piperidine rings is 1. The zero-order chi connectivity index (χ0) is 13.1. The van der Waals surface area contributed by atoms with Gasteiger partial charge in [-0.2, -0.15) is 0 Å². The average Bonchev–Trinajstić information content (AvgIpc) is 2.33. The van der Waals surface area contributed by atoms with E-state index >= 15 is 0 Å². The van der Waals surface area contributed by atoms with Crippen molar-refractivity contribution in [1.29, 1.82) is 0 Å². The van der Waals surface area contributed by atoms with Gasteiger partial charge in [0.2, 0.25) is 0 Å². The average molecular weight is 247 g/mol. The van der Waals surface area contributed by atoms with Crippen molar-refractivity contribution < 1.29 is 0 Å². The summed E-state index contributed by atoms with van der Waals surface area (Å²) >= 11 is 0. The van der Waals surface area contributed by atoms with Crippen molar-refractivity contribution in [3.8, 4) is 0 Å². The highest BCUT2D eigenvalue weighted by molar-refractivity contribution is 5.12. The Morgan fingerprint density at radius 2 is 2.17 bits per heavy atom. The van der Waals surface area contributed by atoms with Crippen LogP contribution in [0.4, 0.5) is 0 Å². The second-order valence-corrected chi connectivity index (χ2v) is 5.77. The van der Waals surface area contributed by atoms with Crippen LogP contribution in [0, 0.1) is 5.92 Å². The van der Waals surface area contributed by atoms with Gasteiger partial charge < -0.3 is 5.73 Å². The molecule has 0 radical (unpaired) electrons. The third-order valence-electron chi connectivity index (χ3n) is 4.04. The maximum Gasteiger partial charge on any atom is 0.0673 e. The molecular formula is C15H25N3. The number of aromatic nitrogens is 1. The summed E-state index contributed by atoms with van der Waals surface area (Å²) in [5.74, 6) is 0.828. The first-order valence-electron chi connectivity index (χ1n) is 7.02. The zero-order valence-corrected chi connectivity index (χ0v) is 11.7. The largest absolute Gasteiger partial charge is 0.326 e. The van der Waals surface area contributed by atoms with Crippen molar-refractivity contribution in [3.63, 3.8) is 0 Å². The molecule has 0 spiro atoms. The zero-order valence-electron chi connectivity index (χ0n) is 11.7. The van der Waals surface area contributed by atoms with E-state index in [9.17, 15) is 0 Å². The molecule has 18 heavy (non-hydrogen) atoms. The van der Waals surface area contributed by atoms with Gasteiger partial charge in [-0.25, -0.2) is 0 Å². The predicted octanol–water partition coefficient (Wildman–Crippen LogP) is 2.59. The Morgan fingerprint density at radius 3 is 2.72 bits per heavy atom. The molecule has 4 atom stereocenters. The molecule has 1 aliphatic rings. The van der Waals surface area contributed by atoms with E-state index < -0.39 is 0 Å². The van der Waals surface area contributed by atoms with Crippen molar-refractivity contribution in [3.05, 3.63) is 30.1 Å². The number of hydrogen-bond donors (Lipinski definition) is 1. The first-order chi connectivity index (χ1) is 8.59. The van der Waals surface area contributed by atoms with Gasteiger partial charge in [-0.3, -0.25) is 9.88 Å². The van der Waals surface area contributed by atoms with E-state index in [0.29, 0.717) is 6.04 Å². The van der Waals surface area contributed by atoms with Gasteiger partial charge in [-0.05, 0) is 51.3 Å². The molecule has 100 valence electrons. The maximum absolute atomic E-state index is 6.21. The Bertz CT molecular complexity index is 363. The third-order valence-corrected chi connectivity index (χ3v) is 4.04. The molecule has 0 aliphatic carbocycles. The number of nitrogens with zero attached hydrogens (tertiary/aromatic N) is 2. The minimum atomic E-state index is 0.107. The van der Waals surface area contributed by atoms with Gasteiger partial charge in [0.15, 0.2) is 0 Å². The molecule has 0 aromatic carbocycles. The van der Waals surface area contributed by atoms with Gasteiger partial charge in [0, 0.05) is 18.3 Å². The molecule has 1 aromatic rings. The summed E-state index contributed by atoms with van der Waals surface area (Å²) in [6.07, 6.45) is 4.39. The highest BCUT2D eigenvalue weighted by atomic mass is 15.2. The molecule has 2 rings (SSSR count). The van der Waals surface area contributed by atoms with E-state index in [-0.39, 0.29) is 12.1 Å². The second-order valence-electron chi connectivity index (χ2n) is 5.77. The Morgan fingerprint density at radius 1 is 1.39 bits per heavy atom. The number of hydrogen-bond acceptors (Lipinski definition) is 3.